The predicted molar refractivity (Wildman–Crippen MR) is 125 cm³/mol. The van der Waals surface area contributed by atoms with Gasteiger partial charge >= 0.3 is 0 Å². The minimum Gasteiger partial charge on any atom is -0.495 e. The van der Waals surface area contributed by atoms with Crippen molar-refractivity contribution in [1.29, 1.82) is 0 Å². The third kappa shape index (κ3) is 4.84. The Morgan fingerprint density at radius 2 is 1.67 bits per heavy atom. The largest absolute Gasteiger partial charge is 0.495 e. The van der Waals surface area contributed by atoms with E-state index >= 15 is 0 Å². The molecule has 0 aliphatic heterocycles. The molecule has 33 heavy (non-hydrogen) atoms. The molecular weight excluding hydrogens is 450 g/mol. The second kappa shape index (κ2) is 10.0. The number of alkyl halides is 1. The van der Waals surface area contributed by atoms with Crippen molar-refractivity contribution in [2.45, 2.75) is 18.3 Å². The maximum Gasteiger partial charge on any atom is 0.260 e. The summed E-state index contributed by atoms with van der Waals surface area (Å²) in [6.07, 6.45) is 1.83. The standard InChI is InChI=1S/C23H26ClN3O6/c1-6-23(24,25)22(28)27-16-9-13(7-8-17(16)29-2)15-12-26-33-20(15)14-10-18(30-3)21(32-5)19(11-14)31-4/h7-12H,6,25H2,1-5H3,(H,27,28). The Hall–Kier alpha value is -3.43. The van der Waals surface area contributed by atoms with Crippen molar-refractivity contribution in [2.24, 2.45) is 5.73 Å². The molecule has 1 amide bonds. The van der Waals surface area contributed by atoms with E-state index in [9.17, 15) is 4.79 Å². The zero-order chi connectivity index (χ0) is 24.2. The van der Waals surface area contributed by atoms with Gasteiger partial charge in [0, 0.05) is 11.1 Å². The van der Waals surface area contributed by atoms with Crippen molar-refractivity contribution >= 4 is 23.2 Å². The Balaban J connectivity index is 2.08. The Morgan fingerprint density at radius 1 is 1.03 bits per heavy atom. The number of nitrogens with one attached hydrogen (secondary N) is 1. The van der Waals surface area contributed by atoms with E-state index in [0.717, 1.165) is 0 Å². The summed E-state index contributed by atoms with van der Waals surface area (Å²) >= 11 is 6.11. The molecule has 3 N–H and O–H groups in total. The second-order valence-corrected chi connectivity index (χ2v) is 7.74. The number of amides is 1. The van der Waals surface area contributed by atoms with Gasteiger partial charge in [-0.2, -0.15) is 0 Å². The SMILES string of the molecule is CCC(N)(Cl)C(=O)Nc1cc(-c2cnoc2-c2cc(OC)c(OC)c(OC)c2)ccc1OC. The highest BCUT2D eigenvalue weighted by Crippen LogP contribution is 2.44. The minimum absolute atomic E-state index is 0.249. The third-order valence-electron chi connectivity index (χ3n) is 5.15. The van der Waals surface area contributed by atoms with Crippen LogP contribution in [0.15, 0.2) is 41.1 Å². The van der Waals surface area contributed by atoms with Crippen LogP contribution in [0.5, 0.6) is 23.0 Å². The van der Waals surface area contributed by atoms with Gasteiger partial charge in [-0.15, -0.1) is 0 Å². The molecule has 0 aliphatic carbocycles. The second-order valence-electron chi connectivity index (χ2n) is 7.07. The monoisotopic (exact) mass is 475 g/mol. The number of methoxy groups -OCH3 is 4. The molecule has 0 saturated heterocycles. The molecule has 1 atom stereocenters. The van der Waals surface area contributed by atoms with Crippen molar-refractivity contribution in [3.8, 4) is 45.4 Å². The molecule has 3 aromatic rings. The van der Waals surface area contributed by atoms with Gasteiger partial charge in [0.05, 0.1) is 40.3 Å². The summed E-state index contributed by atoms with van der Waals surface area (Å²) in [6.45, 7) is 1.72. The van der Waals surface area contributed by atoms with E-state index in [1.54, 1.807) is 37.4 Å². The van der Waals surface area contributed by atoms with Gasteiger partial charge in [0.2, 0.25) is 5.75 Å². The summed E-state index contributed by atoms with van der Waals surface area (Å²) < 4.78 is 27.2. The molecule has 10 heteroatoms. The van der Waals surface area contributed by atoms with E-state index in [-0.39, 0.29) is 6.42 Å². The number of aromatic nitrogens is 1. The Morgan fingerprint density at radius 3 is 2.21 bits per heavy atom. The lowest BCUT2D eigenvalue weighted by Gasteiger charge is -2.20. The fourth-order valence-electron chi connectivity index (χ4n) is 3.23. The number of hydrogen-bond acceptors (Lipinski definition) is 8. The predicted octanol–water partition coefficient (Wildman–Crippen LogP) is 4.29. The van der Waals surface area contributed by atoms with Crippen LogP contribution in [0.3, 0.4) is 0 Å². The van der Waals surface area contributed by atoms with E-state index in [4.69, 9.17) is 40.8 Å². The van der Waals surface area contributed by atoms with Gasteiger partial charge in [-0.05, 0) is 36.2 Å². The number of ether oxygens (including phenoxy) is 4. The molecule has 1 unspecified atom stereocenters. The minimum atomic E-state index is -1.54. The first-order valence-corrected chi connectivity index (χ1v) is 10.4. The number of carbonyl (C=O) groups is 1. The zero-order valence-electron chi connectivity index (χ0n) is 19.0. The first kappa shape index (κ1) is 24.2. The van der Waals surface area contributed by atoms with Gasteiger partial charge in [0.1, 0.15) is 5.75 Å². The van der Waals surface area contributed by atoms with E-state index in [1.807, 2.05) is 6.07 Å². The van der Waals surface area contributed by atoms with Crippen molar-refractivity contribution in [1.82, 2.24) is 5.16 Å². The molecule has 1 heterocycles. The van der Waals surface area contributed by atoms with Crippen LogP contribution < -0.4 is 30.0 Å². The molecule has 0 bridgehead atoms. The van der Waals surface area contributed by atoms with E-state index in [1.165, 1.54) is 28.4 Å². The number of carbonyl (C=O) groups excluding carboxylic acids is 1. The lowest BCUT2D eigenvalue weighted by molar-refractivity contribution is -0.118. The molecule has 0 radical (unpaired) electrons. The maximum absolute atomic E-state index is 12.5. The average molecular weight is 476 g/mol. The topological polar surface area (TPSA) is 118 Å². The summed E-state index contributed by atoms with van der Waals surface area (Å²) in [7, 11) is 6.10. The summed E-state index contributed by atoms with van der Waals surface area (Å²) in [5.74, 6) is 1.77. The fraction of sp³-hybridized carbons (Fsp3) is 0.304. The summed E-state index contributed by atoms with van der Waals surface area (Å²) in [5.41, 5.74) is 8.31. The number of halogens is 1. The van der Waals surface area contributed by atoms with Gasteiger partial charge < -0.3 is 34.5 Å². The highest BCUT2D eigenvalue weighted by atomic mass is 35.5. The van der Waals surface area contributed by atoms with Crippen LogP contribution in [0.25, 0.3) is 22.5 Å². The maximum atomic E-state index is 12.5. The quantitative estimate of drug-likeness (QED) is 0.347. The highest BCUT2D eigenvalue weighted by molar-refractivity contribution is 6.36. The molecule has 1 aromatic heterocycles. The van der Waals surface area contributed by atoms with Gasteiger partial charge in [0.15, 0.2) is 22.3 Å². The number of anilines is 1. The molecule has 0 spiro atoms. The molecule has 9 nitrogen and oxygen atoms in total. The Labute approximate surface area is 196 Å². The van der Waals surface area contributed by atoms with Crippen LogP contribution in [0, 0.1) is 0 Å². The van der Waals surface area contributed by atoms with Crippen LogP contribution in [0.2, 0.25) is 0 Å². The molecule has 176 valence electrons. The number of nitrogens with zero attached hydrogens (tertiary/aromatic N) is 1. The molecule has 3 rings (SSSR count). The van der Waals surface area contributed by atoms with Crippen LogP contribution >= 0.6 is 11.6 Å². The highest BCUT2D eigenvalue weighted by Gasteiger charge is 2.30. The average Bonchev–Trinajstić information content (AvgIpc) is 3.32. The number of hydrogen-bond donors (Lipinski definition) is 2. The third-order valence-corrected chi connectivity index (χ3v) is 5.59. The van der Waals surface area contributed by atoms with Crippen molar-refractivity contribution in [3.63, 3.8) is 0 Å². The normalized spacial score (nSPS) is 12.6. The fourth-order valence-corrected chi connectivity index (χ4v) is 3.27. The lowest BCUT2D eigenvalue weighted by atomic mass is 10.0. The summed E-state index contributed by atoms with van der Waals surface area (Å²) in [6, 6.07) is 8.78. The smallest absolute Gasteiger partial charge is 0.260 e. The Kier molecular flexibility index (Phi) is 7.35. The van der Waals surface area contributed by atoms with Gasteiger partial charge in [-0.25, -0.2) is 0 Å². The lowest BCUT2D eigenvalue weighted by Crippen LogP contribution is -2.45. The molecule has 2 aromatic carbocycles. The zero-order valence-corrected chi connectivity index (χ0v) is 19.8. The van der Waals surface area contributed by atoms with Gasteiger partial charge in [0.25, 0.3) is 5.91 Å². The molecular formula is C23H26ClN3O6. The van der Waals surface area contributed by atoms with E-state index < -0.39 is 10.9 Å². The van der Waals surface area contributed by atoms with Crippen LogP contribution in [0.1, 0.15) is 13.3 Å². The van der Waals surface area contributed by atoms with Crippen LogP contribution in [0.4, 0.5) is 5.69 Å². The number of rotatable bonds is 9. The van der Waals surface area contributed by atoms with Gasteiger partial charge in [-0.1, -0.05) is 29.7 Å². The van der Waals surface area contributed by atoms with Crippen LogP contribution in [-0.4, -0.2) is 44.5 Å². The summed E-state index contributed by atoms with van der Waals surface area (Å²) in [5, 5.41) is 6.70. The molecule has 0 saturated carbocycles. The number of benzene rings is 2. The number of nitrogens with two attached hydrogens (primary N) is 1. The van der Waals surface area contributed by atoms with Crippen molar-refractivity contribution < 1.29 is 28.3 Å². The first-order chi connectivity index (χ1) is 15.8. The summed E-state index contributed by atoms with van der Waals surface area (Å²) in [4.78, 5) is 11.0. The molecule has 0 aliphatic rings. The molecule has 0 fully saturated rings. The van der Waals surface area contributed by atoms with E-state index in [2.05, 4.69) is 10.5 Å². The Bertz CT molecular complexity index is 1120. The van der Waals surface area contributed by atoms with E-state index in [0.29, 0.717) is 51.1 Å². The van der Waals surface area contributed by atoms with Gasteiger partial charge in [-0.3, -0.25) is 4.79 Å². The first-order valence-electron chi connectivity index (χ1n) is 10.0. The van der Waals surface area contributed by atoms with Crippen LogP contribution in [-0.2, 0) is 4.79 Å². The van der Waals surface area contributed by atoms with Crippen molar-refractivity contribution in [2.75, 3.05) is 33.8 Å². The van der Waals surface area contributed by atoms with Crippen molar-refractivity contribution in [3.05, 3.63) is 36.5 Å².